The molecule has 0 saturated carbocycles. The summed E-state index contributed by atoms with van der Waals surface area (Å²) in [5.74, 6) is 0.583. The van der Waals surface area contributed by atoms with Crippen LogP contribution in [0.1, 0.15) is 36.5 Å². The summed E-state index contributed by atoms with van der Waals surface area (Å²) in [6.07, 6.45) is 2.58. The Morgan fingerprint density at radius 2 is 2.29 bits per heavy atom. The number of rotatable bonds is 2. The fourth-order valence-electron chi connectivity index (χ4n) is 1.74. The number of allylic oxidation sites excluding steroid dienone is 2. The van der Waals surface area contributed by atoms with Crippen molar-refractivity contribution in [2.45, 2.75) is 20.3 Å². The molecule has 4 nitrogen and oxygen atoms in total. The third-order valence-corrected chi connectivity index (χ3v) is 2.88. The summed E-state index contributed by atoms with van der Waals surface area (Å²) in [7, 11) is 0. The predicted molar refractivity (Wildman–Crippen MR) is 64.4 cm³/mol. The molecule has 1 fully saturated rings. The first-order valence-electron chi connectivity index (χ1n) is 5.38. The maximum atomic E-state index is 10.7. The molecule has 0 amide bonds. The maximum absolute atomic E-state index is 10.7. The average molecular weight is 233 g/mol. The SMILES string of the molecule is C=C1OC(=Cc2ccc(C(=O)O)[nH]2)CC1(C)C. The molecule has 4 heteroatoms. The van der Waals surface area contributed by atoms with Crippen molar-refractivity contribution >= 4 is 12.0 Å². The number of aromatic nitrogens is 1. The van der Waals surface area contributed by atoms with Gasteiger partial charge in [0.25, 0.3) is 0 Å². The van der Waals surface area contributed by atoms with Crippen molar-refractivity contribution in [3.8, 4) is 0 Å². The Hall–Kier alpha value is -1.97. The van der Waals surface area contributed by atoms with Crippen LogP contribution in [0.2, 0.25) is 0 Å². The van der Waals surface area contributed by atoms with E-state index in [2.05, 4.69) is 25.4 Å². The van der Waals surface area contributed by atoms with Crippen LogP contribution >= 0.6 is 0 Å². The van der Waals surface area contributed by atoms with Crippen molar-refractivity contribution in [2.75, 3.05) is 0 Å². The molecule has 1 aromatic rings. The Bertz CT molecular complexity index is 508. The number of aromatic carboxylic acids is 1. The van der Waals surface area contributed by atoms with Crippen molar-refractivity contribution < 1.29 is 14.6 Å². The van der Waals surface area contributed by atoms with Gasteiger partial charge in [-0.2, -0.15) is 0 Å². The van der Waals surface area contributed by atoms with Crippen LogP contribution in [-0.4, -0.2) is 16.1 Å². The lowest BCUT2D eigenvalue weighted by molar-refractivity contribution is 0.0691. The van der Waals surface area contributed by atoms with Gasteiger partial charge >= 0.3 is 5.97 Å². The van der Waals surface area contributed by atoms with Gasteiger partial charge in [0, 0.05) is 17.5 Å². The summed E-state index contributed by atoms with van der Waals surface area (Å²) in [5, 5.41) is 8.79. The smallest absolute Gasteiger partial charge is 0.352 e. The molecule has 17 heavy (non-hydrogen) atoms. The third kappa shape index (κ3) is 2.25. The van der Waals surface area contributed by atoms with Gasteiger partial charge in [0.15, 0.2) is 0 Å². The summed E-state index contributed by atoms with van der Waals surface area (Å²) in [6, 6.07) is 3.25. The predicted octanol–water partition coefficient (Wildman–Crippen LogP) is 3.01. The quantitative estimate of drug-likeness (QED) is 0.825. The molecule has 1 aliphatic rings. The number of nitrogens with one attached hydrogen (secondary N) is 1. The van der Waals surface area contributed by atoms with Crippen molar-refractivity contribution in [1.82, 2.24) is 4.98 Å². The molecular weight excluding hydrogens is 218 g/mol. The molecule has 1 aromatic heterocycles. The summed E-state index contributed by atoms with van der Waals surface area (Å²) >= 11 is 0. The molecule has 0 aromatic carbocycles. The van der Waals surface area contributed by atoms with Crippen molar-refractivity contribution in [3.05, 3.63) is 41.6 Å². The minimum atomic E-state index is -0.966. The second-order valence-electron chi connectivity index (χ2n) is 4.83. The van der Waals surface area contributed by atoms with Gasteiger partial charge in [-0.3, -0.25) is 0 Å². The molecular formula is C13H15NO3. The molecule has 0 radical (unpaired) electrons. The summed E-state index contributed by atoms with van der Waals surface area (Å²) in [5.41, 5.74) is 0.837. The fourth-order valence-corrected chi connectivity index (χ4v) is 1.74. The van der Waals surface area contributed by atoms with E-state index in [4.69, 9.17) is 9.84 Å². The highest BCUT2D eigenvalue weighted by atomic mass is 16.5. The number of ether oxygens (including phenoxy) is 1. The van der Waals surface area contributed by atoms with E-state index in [1.54, 1.807) is 6.07 Å². The zero-order chi connectivity index (χ0) is 12.6. The van der Waals surface area contributed by atoms with Crippen LogP contribution in [-0.2, 0) is 4.74 Å². The minimum Gasteiger partial charge on any atom is -0.477 e. The summed E-state index contributed by atoms with van der Waals surface area (Å²) in [6.45, 7) is 7.99. The van der Waals surface area contributed by atoms with Crippen LogP contribution in [0.5, 0.6) is 0 Å². The van der Waals surface area contributed by atoms with Crippen molar-refractivity contribution in [1.29, 1.82) is 0 Å². The number of carboxylic acids is 1. The minimum absolute atomic E-state index is 0.0615. The summed E-state index contributed by atoms with van der Waals surface area (Å²) in [4.78, 5) is 13.5. The standard InChI is InChI=1S/C13H15NO3/c1-8-13(2,3)7-10(17-8)6-9-4-5-11(14-9)12(15)16/h4-6,14H,1,7H2,2-3H3,(H,15,16). The van der Waals surface area contributed by atoms with Gasteiger partial charge in [-0.05, 0) is 18.2 Å². The van der Waals surface area contributed by atoms with Gasteiger partial charge in [-0.1, -0.05) is 20.4 Å². The zero-order valence-electron chi connectivity index (χ0n) is 9.91. The van der Waals surface area contributed by atoms with Crippen LogP contribution < -0.4 is 0 Å². The van der Waals surface area contributed by atoms with Gasteiger partial charge < -0.3 is 14.8 Å². The molecule has 0 bridgehead atoms. The second-order valence-corrected chi connectivity index (χ2v) is 4.83. The Kier molecular flexibility index (Phi) is 2.58. The van der Waals surface area contributed by atoms with Gasteiger partial charge in [-0.15, -0.1) is 0 Å². The van der Waals surface area contributed by atoms with E-state index in [1.807, 2.05) is 6.08 Å². The molecule has 0 atom stereocenters. The molecule has 1 aliphatic heterocycles. The van der Waals surface area contributed by atoms with Crippen molar-refractivity contribution in [3.63, 3.8) is 0 Å². The van der Waals surface area contributed by atoms with E-state index in [0.29, 0.717) is 0 Å². The van der Waals surface area contributed by atoms with Gasteiger partial charge in [0.2, 0.25) is 0 Å². The van der Waals surface area contributed by atoms with E-state index in [9.17, 15) is 4.79 Å². The van der Waals surface area contributed by atoms with E-state index < -0.39 is 5.97 Å². The highest BCUT2D eigenvalue weighted by Gasteiger charge is 2.33. The number of hydrogen-bond donors (Lipinski definition) is 2. The lowest BCUT2D eigenvalue weighted by atomic mass is 9.89. The molecule has 90 valence electrons. The Morgan fingerprint density at radius 1 is 1.59 bits per heavy atom. The molecule has 2 rings (SSSR count). The van der Waals surface area contributed by atoms with Gasteiger partial charge in [0.1, 0.15) is 17.2 Å². The van der Waals surface area contributed by atoms with Gasteiger partial charge in [0.05, 0.1) is 0 Å². The highest BCUT2D eigenvalue weighted by molar-refractivity contribution is 5.86. The number of carboxylic acid groups (broad SMARTS) is 1. The molecule has 2 heterocycles. The zero-order valence-corrected chi connectivity index (χ0v) is 9.91. The van der Waals surface area contributed by atoms with E-state index in [0.717, 1.165) is 23.6 Å². The molecule has 0 aliphatic carbocycles. The number of hydrogen-bond acceptors (Lipinski definition) is 2. The highest BCUT2D eigenvalue weighted by Crippen LogP contribution is 2.42. The third-order valence-electron chi connectivity index (χ3n) is 2.88. The second kappa shape index (κ2) is 3.80. The topological polar surface area (TPSA) is 62.3 Å². The summed E-state index contributed by atoms with van der Waals surface area (Å²) < 4.78 is 5.55. The van der Waals surface area contributed by atoms with Crippen LogP contribution in [0, 0.1) is 5.41 Å². The molecule has 0 spiro atoms. The number of carbonyl (C=O) groups is 1. The average Bonchev–Trinajstić information content (AvgIpc) is 2.73. The van der Waals surface area contributed by atoms with E-state index in [-0.39, 0.29) is 11.1 Å². The van der Waals surface area contributed by atoms with Crippen molar-refractivity contribution in [2.24, 2.45) is 5.41 Å². The normalized spacial score (nSPS) is 20.6. The van der Waals surface area contributed by atoms with Crippen LogP contribution in [0.15, 0.2) is 30.2 Å². The largest absolute Gasteiger partial charge is 0.477 e. The number of H-pyrrole nitrogens is 1. The Labute approximate surface area is 99.6 Å². The number of aromatic amines is 1. The Morgan fingerprint density at radius 3 is 2.76 bits per heavy atom. The molecule has 0 unspecified atom stereocenters. The van der Waals surface area contributed by atoms with E-state index >= 15 is 0 Å². The maximum Gasteiger partial charge on any atom is 0.352 e. The Balaban J connectivity index is 2.20. The lowest BCUT2D eigenvalue weighted by Crippen LogP contribution is -2.05. The first kappa shape index (κ1) is 11.5. The van der Waals surface area contributed by atoms with Crippen LogP contribution in [0.25, 0.3) is 6.08 Å². The molecule has 2 N–H and O–H groups in total. The first-order valence-corrected chi connectivity index (χ1v) is 5.38. The van der Waals surface area contributed by atoms with Crippen LogP contribution in [0.4, 0.5) is 0 Å². The fraction of sp³-hybridized carbons (Fsp3) is 0.308. The molecule has 1 saturated heterocycles. The van der Waals surface area contributed by atoms with Gasteiger partial charge in [-0.25, -0.2) is 4.79 Å². The first-order chi connectivity index (χ1) is 7.88. The van der Waals surface area contributed by atoms with E-state index in [1.165, 1.54) is 6.07 Å². The van der Waals surface area contributed by atoms with Crippen LogP contribution in [0.3, 0.4) is 0 Å². The monoisotopic (exact) mass is 233 g/mol. The lowest BCUT2D eigenvalue weighted by Gasteiger charge is -2.12.